The van der Waals surface area contributed by atoms with E-state index < -0.39 is 5.92 Å². The Balaban J connectivity index is 1.80. The molecule has 2 aromatic carbocycles. The molecule has 0 aromatic heterocycles. The molecule has 1 aliphatic rings. The van der Waals surface area contributed by atoms with Crippen LogP contribution in [0.25, 0.3) is 0 Å². The molecule has 2 aromatic rings. The first-order valence-electron chi connectivity index (χ1n) is 9.19. The molecule has 1 nitrogen and oxygen atoms in total. The third-order valence-electron chi connectivity index (χ3n) is 5.26. The van der Waals surface area contributed by atoms with Gasteiger partial charge in [0.05, 0.1) is 0 Å². The van der Waals surface area contributed by atoms with Crippen LogP contribution in [0.1, 0.15) is 53.6 Å². The van der Waals surface area contributed by atoms with Gasteiger partial charge in [-0.05, 0) is 80.1 Å². The largest absolute Gasteiger partial charge is 0.292 e. The van der Waals surface area contributed by atoms with Crippen LogP contribution in [0.2, 0.25) is 5.02 Å². The number of likely N-dealkylation sites (tertiary alicyclic amines) is 1. The highest BCUT2D eigenvalue weighted by molar-refractivity contribution is 6.30. The SMILES string of the molecule is Cc1ccc(Cl)cc1CN1CCCC1c1ccc(CC(C)(F)F)cc1C. The first-order chi connectivity index (χ1) is 12.2. The van der Waals surface area contributed by atoms with Gasteiger partial charge in [-0.25, -0.2) is 8.78 Å². The van der Waals surface area contributed by atoms with Crippen molar-refractivity contribution >= 4 is 11.6 Å². The fourth-order valence-electron chi connectivity index (χ4n) is 3.98. The second-order valence-corrected chi connectivity index (χ2v) is 8.07. The third kappa shape index (κ3) is 4.63. The van der Waals surface area contributed by atoms with Gasteiger partial charge in [0, 0.05) is 24.0 Å². The van der Waals surface area contributed by atoms with Crippen LogP contribution < -0.4 is 0 Å². The maximum Gasteiger partial charge on any atom is 0.249 e. The molecule has 140 valence electrons. The highest BCUT2D eigenvalue weighted by Gasteiger charge is 2.28. The van der Waals surface area contributed by atoms with Gasteiger partial charge in [-0.3, -0.25) is 4.90 Å². The molecule has 1 atom stereocenters. The van der Waals surface area contributed by atoms with E-state index in [-0.39, 0.29) is 6.42 Å². The quantitative estimate of drug-likeness (QED) is 0.575. The van der Waals surface area contributed by atoms with Crippen LogP contribution >= 0.6 is 11.6 Å². The molecule has 0 N–H and O–H groups in total. The molecule has 0 aliphatic carbocycles. The van der Waals surface area contributed by atoms with Crippen LogP contribution in [0.5, 0.6) is 0 Å². The van der Waals surface area contributed by atoms with Crippen molar-refractivity contribution in [3.63, 3.8) is 0 Å². The van der Waals surface area contributed by atoms with Crippen LogP contribution in [0.3, 0.4) is 0 Å². The van der Waals surface area contributed by atoms with E-state index in [9.17, 15) is 8.78 Å². The van der Waals surface area contributed by atoms with Gasteiger partial charge in [-0.2, -0.15) is 0 Å². The Morgan fingerprint density at radius 2 is 1.88 bits per heavy atom. The molecular formula is C22H26ClF2N. The van der Waals surface area contributed by atoms with Crippen molar-refractivity contribution < 1.29 is 8.78 Å². The van der Waals surface area contributed by atoms with E-state index in [1.54, 1.807) is 0 Å². The number of aryl methyl sites for hydroxylation is 2. The van der Waals surface area contributed by atoms with Gasteiger partial charge >= 0.3 is 0 Å². The van der Waals surface area contributed by atoms with Gasteiger partial charge in [0.1, 0.15) is 0 Å². The molecule has 3 rings (SSSR count). The average molecular weight is 378 g/mol. The summed E-state index contributed by atoms with van der Waals surface area (Å²) in [6.45, 7) is 7.04. The zero-order valence-electron chi connectivity index (χ0n) is 15.7. The van der Waals surface area contributed by atoms with Crippen molar-refractivity contribution in [1.29, 1.82) is 0 Å². The van der Waals surface area contributed by atoms with Crippen LogP contribution in [-0.4, -0.2) is 17.4 Å². The normalized spacial score (nSPS) is 18.5. The Hall–Kier alpha value is -1.45. The fourth-order valence-corrected chi connectivity index (χ4v) is 4.17. The van der Waals surface area contributed by atoms with Crippen molar-refractivity contribution in [3.8, 4) is 0 Å². The van der Waals surface area contributed by atoms with Crippen LogP contribution in [-0.2, 0) is 13.0 Å². The number of nitrogens with zero attached hydrogens (tertiary/aromatic N) is 1. The predicted octanol–water partition coefficient (Wildman–Crippen LogP) is 6.49. The van der Waals surface area contributed by atoms with Gasteiger partial charge in [0.15, 0.2) is 0 Å². The monoisotopic (exact) mass is 377 g/mol. The van der Waals surface area contributed by atoms with Crippen molar-refractivity contribution in [2.75, 3.05) is 6.54 Å². The molecular weight excluding hydrogens is 352 g/mol. The zero-order valence-corrected chi connectivity index (χ0v) is 16.4. The predicted molar refractivity (Wildman–Crippen MR) is 104 cm³/mol. The van der Waals surface area contributed by atoms with Crippen molar-refractivity contribution in [2.45, 2.75) is 58.5 Å². The minimum absolute atomic E-state index is 0.204. The molecule has 0 amide bonds. The van der Waals surface area contributed by atoms with E-state index in [0.29, 0.717) is 11.6 Å². The van der Waals surface area contributed by atoms with Gasteiger partial charge < -0.3 is 0 Å². The number of hydrogen-bond donors (Lipinski definition) is 0. The smallest absolute Gasteiger partial charge is 0.249 e. The van der Waals surface area contributed by atoms with E-state index in [0.717, 1.165) is 43.4 Å². The first-order valence-corrected chi connectivity index (χ1v) is 9.57. The molecule has 26 heavy (non-hydrogen) atoms. The topological polar surface area (TPSA) is 3.24 Å². The minimum Gasteiger partial charge on any atom is -0.292 e. The van der Waals surface area contributed by atoms with Crippen molar-refractivity contribution in [3.05, 3.63) is 69.2 Å². The van der Waals surface area contributed by atoms with Gasteiger partial charge in [0.25, 0.3) is 0 Å². The maximum absolute atomic E-state index is 13.3. The van der Waals surface area contributed by atoms with Crippen LogP contribution in [0, 0.1) is 13.8 Å². The minimum atomic E-state index is -2.67. The van der Waals surface area contributed by atoms with Crippen LogP contribution in [0.4, 0.5) is 8.78 Å². The van der Waals surface area contributed by atoms with E-state index >= 15 is 0 Å². The Morgan fingerprint density at radius 3 is 2.58 bits per heavy atom. The maximum atomic E-state index is 13.3. The summed E-state index contributed by atoms with van der Waals surface area (Å²) in [6.07, 6.45) is 2.05. The Morgan fingerprint density at radius 1 is 1.12 bits per heavy atom. The van der Waals surface area contributed by atoms with Gasteiger partial charge in [-0.15, -0.1) is 0 Å². The van der Waals surface area contributed by atoms with Gasteiger partial charge in [0.2, 0.25) is 5.92 Å². The molecule has 1 unspecified atom stereocenters. The third-order valence-corrected chi connectivity index (χ3v) is 5.49. The van der Waals surface area contributed by atoms with E-state index in [2.05, 4.69) is 17.9 Å². The fraction of sp³-hybridized carbons (Fsp3) is 0.455. The number of rotatable bonds is 5. The molecule has 0 spiro atoms. The lowest BCUT2D eigenvalue weighted by atomic mass is 9.95. The number of alkyl halides is 2. The molecule has 0 saturated carbocycles. The standard InChI is InChI=1S/C22H26ClF2N/c1-15-6-8-19(23)12-18(15)14-26-10-4-5-21(26)20-9-7-17(11-16(20)2)13-22(3,24)25/h6-9,11-12,21H,4-5,10,13-14H2,1-3H3. The van der Waals surface area contributed by atoms with Gasteiger partial charge in [-0.1, -0.05) is 35.9 Å². The Labute approximate surface area is 160 Å². The summed E-state index contributed by atoms with van der Waals surface area (Å²) in [4.78, 5) is 2.48. The van der Waals surface area contributed by atoms with E-state index in [4.69, 9.17) is 11.6 Å². The van der Waals surface area contributed by atoms with Crippen molar-refractivity contribution in [2.24, 2.45) is 0 Å². The lowest BCUT2D eigenvalue weighted by molar-refractivity contribution is 0.0226. The lowest BCUT2D eigenvalue weighted by Gasteiger charge is -2.27. The second kappa shape index (κ2) is 7.66. The number of benzene rings is 2. The highest BCUT2D eigenvalue weighted by atomic mass is 35.5. The zero-order chi connectivity index (χ0) is 18.9. The summed E-state index contributed by atoms with van der Waals surface area (Å²) < 4.78 is 26.6. The van der Waals surface area contributed by atoms with E-state index in [1.165, 1.54) is 16.7 Å². The molecule has 1 aliphatic heterocycles. The summed E-state index contributed by atoms with van der Waals surface area (Å²) in [7, 11) is 0. The second-order valence-electron chi connectivity index (χ2n) is 7.64. The Bertz CT molecular complexity index is 782. The molecule has 4 heteroatoms. The molecule has 0 bridgehead atoms. The number of hydrogen-bond acceptors (Lipinski definition) is 1. The first kappa shape index (κ1) is 19.3. The van der Waals surface area contributed by atoms with E-state index in [1.807, 2.05) is 37.3 Å². The summed E-state index contributed by atoms with van der Waals surface area (Å²) >= 11 is 6.17. The number of halogens is 3. The molecule has 1 heterocycles. The lowest BCUT2D eigenvalue weighted by Crippen LogP contribution is -2.24. The Kier molecular flexibility index (Phi) is 5.69. The molecule has 0 radical (unpaired) electrons. The summed E-state index contributed by atoms with van der Waals surface area (Å²) in [5.41, 5.74) is 5.56. The van der Waals surface area contributed by atoms with Crippen molar-refractivity contribution in [1.82, 2.24) is 4.90 Å². The average Bonchev–Trinajstić information content (AvgIpc) is 2.97. The molecule has 1 fully saturated rings. The summed E-state index contributed by atoms with van der Waals surface area (Å²) in [6, 6.07) is 12.2. The molecule has 1 saturated heterocycles. The van der Waals surface area contributed by atoms with Crippen LogP contribution in [0.15, 0.2) is 36.4 Å². The summed E-state index contributed by atoms with van der Waals surface area (Å²) in [5, 5.41) is 0.766. The highest BCUT2D eigenvalue weighted by Crippen LogP contribution is 2.36. The summed E-state index contributed by atoms with van der Waals surface area (Å²) in [5.74, 6) is -2.67.